The van der Waals surface area contributed by atoms with Gasteiger partial charge in [-0.25, -0.2) is 0 Å². The van der Waals surface area contributed by atoms with Crippen molar-refractivity contribution in [1.29, 1.82) is 0 Å². The number of aliphatic carboxylic acids is 1. The van der Waals surface area contributed by atoms with Crippen molar-refractivity contribution < 1.29 is 14.7 Å². The van der Waals surface area contributed by atoms with E-state index in [4.69, 9.17) is 5.11 Å². The van der Waals surface area contributed by atoms with Gasteiger partial charge in [0.05, 0.1) is 11.8 Å². The molecule has 0 aliphatic carbocycles. The van der Waals surface area contributed by atoms with Gasteiger partial charge in [0.1, 0.15) is 4.75 Å². The van der Waals surface area contributed by atoms with Crippen LogP contribution in [0.1, 0.15) is 32.4 Å². The van der Waals surface area contributed by atoms with Crippen molar-refractivity contribution in [2.24, 2.45) is 0 Å². The zero-order chi connectivity index (χ0) is 15.3. The highest BCUT2D eigenvalue weighted by molar-refractivity contribution is 8.01. The molecule has 0 radical (unpaired) electrons. The Morgan fingerprint density at radius 2 is 1.85 bits per heavy atom. The van der Waals surface area contributed by atoms with Crippen LogP contribution in [0.2, 0.25) is 0 Å². The molecule has 5 heteroatoms. The Labute approximate surface area is 124 Å². The second-order valence-corrected chi connectivity index (χ2v) is 6.79. The summed E-state index contributed by atoms with van der Waals surface area (Å²) in [6.45, 7) is 5.17. The Kier molecular flexibility index (Phi) is 5.62. The standard InChI is InChI=1S/C15H21NO3S/c1-11(12-8-6-5-7-9-12)16(4)13(17)10-20-15(2,3)14(18)19/h5-9,11H,10H2,1-4H3,(H,18,19). The number of carbonyl (C=O) groups excluding carboxylic acids is 1. The highest BCUT2D eigenvalue weighted by atomic mass is 32.2. The largest absolute Gasteiger partial charge is 0.480 e. The van der Waals surface area contributed by atoms with Gasteiger partial charge in [-0.1, -0.05) is 30.3 Å². The summed E-state index contributed by atoms with van der Waals surface area (Å²) in [7, 11) is 1.74. The van der Waals surface area contributed by atoms with Gasteiger partial charge in [-0.05, 0) is 26.3 Å². The summed E-state index contributed by atoms with van der Waals surface area (Å²) in [5, 5.41) is 9.03. The number of rotatable bonds is 6. The molecular weight excluding hydrogens is 274 g/mol. The van der Waals surface area contributed by atoms with Crippen molar-refractivity contribution >= 4 is 23.6 Å². The van der Waals surface area contributed by atoms with Gasteiger partial charge in [0, 0.05) is 7.05 Å². The van der Waals surface area contributed by atoms with E-state index in [1.807, 2.05) is 37.3 Å². The summed E-state index contributed by atoms with van der Waals surface area (Å²) in [6.07, 6.45) is 0. The summed E-state index contributed by atoms with van der Waals surface area (Å²) in [4.78, 5) is 24.8. The Balaban J connectivity index is 2.62. The highest BCUT2D eigenvalue weighted by Crippen LogP contribution is 2.26. The van der Waals surface area contributed by atoms with Crippen LogP contribution in [-0.4, -0.2) is 39.4 Å². The first-order valence-corrected chi connectivity index (χ1v) is 7.42. The van der Waals surface area contributed by atoms with Crippen molar-refractivity contribution in [3.05, 3.63) is 35.9 Å². The van der Waals surface area contributed by atoms with E-state index in [1.165, 1.54) is 0 Å². The minimum atomic E-state index is -0.952. The summed E-state index contributed by atoms with van der Waals surface area (Å²) in [6, 6.07) is 9.73. The normalized spacial score (nSPS) is 12.8. The Morgan fingerprint density at radius 1 is 1.30 bits per heavy atom. The van der Waals surface area contributed by atoms with E-state index in [9.17, 15) is 9.59 Å². The Bertz CT molecular complexity index is 473. The molecule has 1 atom stereocenters. The van der Waals surface area contributed by atoms with E-state index in [0.29, 0.717) is 0 Å². The number of nitrogens with zero attached hydrogens (tertiary/aromatic N) is 1. The lowest BCUT2D eigenvalue weighted by Gasteiger charge is -2.27. The predicted molar refractivity (Wildman–Crippen MR) is 81.8 cm³/mol. The number of hydrogen-bond acceptors (Lipinski definition) is 3. The fourth-order valence-electron chi connectivity index (χ4n) is 1.58. The van der Waals surface area contributed by atoms with Crippen molar-refractivity contribution in [2.45, 2.75) is 31.6 Å². The fraction of sp³-hybridized carbons (Fsp3) is 0.467. The predicted octanol–water partition coefficient (Wildman–Crippen LogP) is 2.80. The van der Waals surface area contributed by atoms with Gasteiger partial charge in [0.2, 0.25) is 5.91 Å². The van der Waals surface area contributed by atoms with Crippen molar-refractivity contribution in [2.75, 3.05) is 12.8 Å². The molecule has 4 nitrogen and oxygen atoms in total. The quantitative estimate of drug-likeness (QED) is 0.876. The highest BCUT2D eigenvalue weighted by Gasteiger charge is 2.29. The third-order valence-electron chi connectivity index (χ3n) is 3.33. The fourth-order valence-corrected chi connectivity index (χ4v) is 2.39. The molecule has 1 unspecified atom stereocenters. The number of hydrogen-bond donors (Lipinski definition) is 1. The molecule has 1 aromatic rings. The van der Waals surface area contributed by atoms with Crippen molar-refractivity contribution in [1.82, 2.24) is 4.90 Å². The van der Waals surface area contributed by atoms with Crippen LogP contribution < -0.4 is 0 Å². The van der Waals surface area contributed by atoms with E-state index in [1.54, 1.807) is 25.8 Å². The molecule has 0 saturated heterocycles. The van der Waals surface area contributed by atoms with Crippen LogP contribution in [0.5, 0.6) is 0 Å². The van der Waals surface area contributed by atoms with E-state index in [-0.39, 0.29) is 17.7 Å². The van der Waals surface area contributed by atoms with Crippen LogP contribution >= 0.6 is 11.8 Å². The molecule has 1 aromatic carbocycles. The maximum absolute atomic E-state index is 12.1. The number of thioether (sulfide) groups is 1. The number of benzene rings is 1. The Morgan fingerprint density at radius 3 is 2.35 bits per heavy atom. The zero-order valence-electron chi connectivity index (χ0n) is 12.3. The molecular formula is C15H21NO3S. The molecule has 110 valence electrons. The van der Waals surface area contributed by atoms with Crippen LogP contribution in [0.4, 0.5) is 0 Å². The molecule has 0 aliphatic rings. The van der Waals surface area contributed by atoms with Gasteiger partial charge in [-0.3, -0.25) is 9.59 Å². The van der Waals surface area contributed by atoms with Gasteiger partial charge in [0.15, 0.2) is 0 Å². The molecule has 0 aliphatic heterocycles. The SMILES string of the molecule is CC(c1ccccc1)N(C)C(=O)CSC(C)(C)C(=O)O. The molecule has 0 saturated carbocycles. The van der Waals surface area contributed by atoms with Crippen LogP contribution in [-0.2, 0) is 9.59 Å². The molecule has 0 aromatic heterocycles. The maximum atomic E-state index is 12.1. The summed E-state index contributed by atoms with van der Waals surface area (Å²) < 4.78 is -0.952. The van der Waals surface area contributed by atoms with E-state index in [0.717, 1.165) is 17.3 Å². The first kappa shape index (κ1) is 16.6. The number of carbonyl (C=O) groups is 2. The van der Waals surface area contributed by atoms with Gasteiger partial charge >= 0.3 is 5.97 Å². The van der Waals surface area contributed by atoms with Crippen molar-refractivity contribution in [3.8, 4) is 0 Å². The number of amides is 1. The summed E-state index contributed by atoms with van der Waals surface area (Å²) in [5.41, 5.74) is 1.06. The monoisotopic (exact) mass is 295 g/mol. The van der Waals surface area contributed by atoms with E-state index >= 15 is 0 Å². The molecule has 1 N–H and O–H groups in total. The van der Waals surface area contributed by atoms with Gasteiger partial charge in [-0.15, -0.1) is 11.8 Å². The molecule has 0 bridgehead atoms. The first-order valence-electron chi connectivity index (χ1n) is 6.43. The summed E-state index contributed by atoms with van der Waals surface area (Å²) in [5.74, 6) is -0.817. The van der Waals surface area contributed by atoms with Crippen LogP contribution in [0.25, 0.3) is 0 Å². The maximum Gasteiger partial charge on any atom is 0.319 e. The van der Waals surface area contributed by atoms with Crippen molar-refractivity contribution in [3.63, 3.8) is 0 Å². The molecule has 1 amide bonds. The number of carboxylic acid groups (broad SMARTS) is 1. The summed E-state index contributed by atoms with van der Waals surface area (Å²) >= 11 is 1.15. The lowest BCUT2D eigenvalue weighted by atomic mass is 10.1. The Hall–Kier alpha value is -1.49. The van der Waals surface area contributed by atoms with Gasteiger partial charge < -0.3 is 10.0 Å². The number of carboxylic acids is 1. The minimum absolute atomic E-state index is 0.0303. The first-order chi connectivity index (χ1) is 9.25. The second kappa shape index (κ2) is 6.79. The third kappa shape index (κ3) is 4.27. The third-order valence-corrected chi connectivity index (χ3v) is 4.62. The molecule has 20 heavy (non-hydrogen) atoms. The average molecular weight is 295 g/mol. The lowest BCUT2D eigenvalue weighted by Crippen LogP contribution is -2.34. The van der Waals surface area contributed by atoms with E-state index in [2.05, 4.69) is 0 Å². The second-order valence-electron chi connectivity index (χ2n) is 5.20. The van der Waals surface area contributed by atoms with Crippen LogP contribution in [0.3, 0.4) is 0 Å². The molecule has 0 heterocycles. The minimum Gasteiger partial charge on any atom is -0.480 e. The topological polar surface area (TPSA) is 57.6 Å². The van der Waals surface area contributed by atoms with Gasteiger partial charge in [-0.2, -0.15) is 0 Å². The van der Waals surface area contributed by atoms with Crippen LogP contribution in [0, 0.1) is 0 Å². The van der Waals surface area contributed by atoms with E-state index < -0.39 is 10.7 Å². The smallest absolute Gasteiger partial charge is 0.319 e. The molecule has 1 rings (SSSR count). The van der Waals surface area contributed by atoms with Gasteiger partial charge in [0.25, 0.3) is 0 Å². The molecule has 0 spiro atoms. The van der Waals surface area contributed by atoms with Crippen LogP contribution in [0.15, 0.2) is 30.3 Å². The molecule has 0 fully saturated rings. The zero-order valence-corrected chi connectivity index (χ0v) is 13.1. The average Bonchev–Trinajstić information content (AvgIpc) is 2.44. The lowest BCUT2D eigenvalue weighted by molar-refractivity contribution is -0.138.